The molecule has 2 heterocycles. The topological polar surface area (TPSA) is 113 Å². The molecular weight excluding hydrogens is 563 g/mol. The lowest BCUT2D eigenvalue weighted by Gasteiger charge is -2.29. The number of hydrogen-bond acceptors (Lipinski definition) is 5. The lowest BCUT2D eigenvalue weighted by Crippen LogP contribution is -2.47. The van der Waals surface area contributed by atoms with Gasteiger partial charge in [-0.15, -0.1) is 0 Å². The first-order chi connectivity index (χ1) is 19.6. The smallest absolute Gasteiger partial charge is 0.407 e. The number of carbonyl (C=O) groups is 3. The molecule has 0 unspecified atom stereocenters. The van der Waals surface area contributed by atoms with Gasteiger partial charge in [0, 0.05) is 47.2 Å². The van der Waals surface area contributed by atoms with Gasteiger partial charge in [0.15, 0.2) is 0 Å². The zero-order valence-corrected chi connectivity index (χ0v) is 25.6. The first kappa shape index (κ1) is 31.2. The first-order valence-electron chi connectivity index (χ1n) is 14.0. The summed E-state index contributed by atoms with van der Waals surface area (Å²) in [5.74, 6) is -0.702. The van der Waals surface area contributed by atoms with E-state index in [1.54, 1.807) is 64.6 Å². The van der Waals surface area contributed by atoms with Crippen LogP contribution in [0.3, 0.4) is 0 Å². The second-order valence-electron chi connectivity index (χ2n) is 12.5. The van der Waals surface area contributed by atoms with Gasteiger partial charge in [0.05, 0.1) is 0 Å². The van der Waals surface area contributed by atoms with Gasteiger partial charge in [0.1, 0.15) is 22.7 Å². The van der Waals surface area contributed by atoms with E-state index >= 15 is 0 Å². The summed E-state index contributed by atoms with van der Waals surface area (Å²) in [6.45, 7) is 11.3. The lowest BCUT2D eigenvalue weighted by atomic mass is 9.98. The number of alkyl carbamates (subject to hydrolysis) is 2. The Kier molecular flexibility index (Phi) is 9.06. The summed E-state index contributed by atoms with van der Waals surface area (Å²) in [5.41, 5.74) is 1.82. The van der Waals surface area contributed by atoms with E-state index in [9.17, 15) is 18.8 Å². The zero-order valence-electron chi connectivity index (χ0n) is 24.8. The second kappa shape index (κ2) is 12.2. The molecule has 42 heavy (non-hydrogen) atoms. The number of halogens is 2. The zero-order chi connectivity index (χ0) is 30.8. The Morgan fingerprint density at radius 3 is 2.43 bits per heavy atom. The van der Waals surface area contributed by atoms with Crippen molar-refractivity contribution in [3.05, 3.63) is 58.5 Å². The summed E-state index contributed by atoms with van der Waals surface area (Å²) in [7, 11) is 0. The lowest BCUT2D eigenvalue weighted by molar-refractivity contribution is 0.0465. The molecule has 1 aliphatic heterocycles. The number of aromatic amines is 1. The maximum Gasteiger partial charge on any atom is 0.407 e. The van der Waals surface area contributed by atoms with Crippen molar-refractivity contribution in [1.29, 1.82) is 0 Å². The van der Waals surface area contributed by atoms with Crippen LogP contribution >= 0.6 is 11.6 Å². The molecule has 0 saturated heterocycles. The van der Waals surface area contributed by atoms with Crippen LogP contribution in [0.2, 0.25) is 5.02 Å². The highest BCUT2D eigenvalue weighted by atomic mass is 35.5. The van der Waals surface area contributed by atoms with E-state index < -0.39 is 35.2 Å². The van der Waals surface area contributed by atoms with Crippen LogP contribution in [0.5, 0.6) is 0 Å². The summed E-state index contributed by atoms with van der Waals surface area (Å²) in [4.78, 5) is 43.7. The van der Waals surface area contributed by atoms with Crippen LogP contribution in [0.25, 0.3) is 22.0 Å². The Morgan fingerprint density at radius 2 is 1.74 bits per heavy atom. The van der Waals surface area contributed by atoms with E-state index in [1.165, 1.54) is 12.1 Å². The second-order valence-corrected chi connectivity index (χ2v) is 12.9. The van der Waals surface area contributed by atoms with Crippen molar-refractivity contribution in [2.24, 2.45) is 0 Å². The third-order valence-electron chi connectivity index (χ3n) is 6.52. The summed E-state index contributed by atoms with van der Waals surface area (Å²) in [5, 5.41) is 6.73. The average molecular weight is 601 g/mol. The molecule has 0 fully saturated rings. The van der Waals surface area contributed by atoms with Crippen molar-refractivity contribution in [2.45, 2.75) is 78.2 Å². The maximum atomic E-state index is 14.3. The van der Waals surface area contributed by atoms with Gasteiger partial charge < -0.3 is 30.0 Å². The number of fused-ring (bicyclic) bond motifs is 5. The standard InChI is InChI=1S/C31H38ClFN4O5/c1-30(2,3)41-28(39)34-13-7-8-21(35-29(40)42-31(4,5)6)17-37-16-18-14-19(32)9-11-22(18)25-23-15-20(33)10-12-24(23)36-26(25)27(37)38/h9-12,14-15,21,36H,7-8,13,16-17H2,1-6H3,(H,34,39)(H,35,40)/t21-/m0/s1. The molecule has 0 spiro atoms. The first-order valence-corrected chi connectivity index (χ1v) is 14.3. The van der Waals surface area contributed by atoms with Crippen molar-refractivity contribution in [3.8, 4) is 11.1 Å². The van der Waals surface area contributed by atoms with Gasteiger partial charge in [0.2, 0.25) is 0 Å². The molecule has 1 aliphatic rings. The van der Waals surface area contributed by atoms with Crippen molar-refractivity contribution >= 4 is 40.6 Å². The fraction of sp³-hybridized carbons (Fsp3) is 0.452. The Bertz CT molecular complexity index is 1490. The molecule has 0 bridgehead atoms. The monoisotopic (exact) mass is 600 g/mol. The van der Waals surface area contributed by atoms with E-state index in [0.717, 1.165) is 11.1 Å². The molecule has 0 aliphatic carbocycles. The van der Waals surface area contributed by atoms with E-state index in [1.807, 2.05) is 6.07 Å². The van der Waals surface area contributed by atoms with E-state index in [-0.39, 0.29) is 19.0 Å². The van der Waals surface area contributed by atoms with Gasteiger partial charge in [-0.1, -0.05) is 17.7 Å². The van der Waals surface area contributed by atoms with E-state index in [2.05, 4.69) is 15.6 Å². The van der Waals surface area contributed by atoms with Gasteiger partial charge >= 0.3 is 12.2 Å². The minimum atomic E-state index is -0.713. The van der Waals surface area contributed by atoms with Crippen LogP contribution < -0.4 is 10.6 Å². The molecular formula is C31H38ClFN4O5. The highest BCUT2D eigenvalue weighted by Crippen LogP contribution is 2.39. The number of carbonyl (C=O) groups excluding carboxylic acids is 3. The molecule has 11 heteroatoms. The van der Waals surface area contributed by atoms with Crippen molar-refractivity contribution in [1.82, 2.24) is 20.5 Å². The molecule has 0 radical (unpaired) electrons. The van der Waals surface area contributed by atoms with Crippen LogP contribution in [0, 0.1) is 5.82 Å². The minimum Gasteiger partial charge on any atom is -0.444 e. The molecule has 4 rings (SSSR count). The average Bonchev–Trinajstić information content (AvgIpc) is 3.17. The predicted molar refractivity (Wildman–Crippen MR) is 160 cm³/mol. The molecule has 2 aromatic carbocycles. The van der Waals surface area contributed by atoms with Gasteiger partial charge in [0.25, 0.3) is 5.91 Å². The van der Waals surface area contributed by atoms with Gasteiger partial charge in [-0.3, -0.25) is 4.79 Å². The number of H-pyrrole nitrogens is 1. The number of nitrogens with zero attached hydrogens (tertiary/aromatic N) is 1. The van der Waals surface area contributed by atoms with Crippen LogP contribution in [0.15, 0.2) is 36.4 Å². The Balaban J connectivity index is 1.60. The number of rotatable bonds is 7. The highest BCUT2D eigenvalue weighted by Gasteiger charge is 2.32. The molecule has 1 atom stereocenters. The molecule has 3 N–H and O–H groups in total. The molecule has 1 aromatic heterocycles. The molecule has 226 valence electrons. The maximum absolute atomic E-state index is 14.3. The number of amides is 3. The highest BCUT2D eigenvalue weighted by molar-refractivity contribution is 6.30. The molecule has 0 saturated carbocycles. The van der Waals surface area contributed by atoms with Gasteiger partial charge in [-0.05, 0) is 95.8 Å². The van der Waals surface area contributed by atoms with E-state index in [0.29, 0.717) is 46.6 Å². The Morgan fingerprint density at radius 1 is 1.05 bits per heavy atom. The number of aromatic nitrogens is 1. The number of benzene rings is 2. The quantitative estimate of drug-likeness (QED) is 0.259. The number of nitrogens with one attached hydrogen (secondary N) is 3. The van der Waals surface area contributed by atoms with Crippen molar-refractivity contribution in [2.75, 3.05) is 13.1 Å². The van der Waals surface area contributed by atoms with Crippen LogP contribution in [-0.4, -0.2) is 58.3 Å². The summed E-state index contributed by atoms with van der Waals surface area (Å²) < 4.78 is 25.0. The fourth-order valence-electron chi connectivity index (χ4n) is 4.93. The molecule has 3 aromatic rings. The predicted octanol–water partition coefficient (Wildman–Crippen LogP) is 6.78. The third kappa shape index (κ3) is 7.94. The van der Waals surface area contributed by atoms with E-state index in [4.69, 9.17) is 21.1 Å². The summed E-state index contributed by atoms with van der Waals surface area (Å²) in [6, 6.07) is 9.24. The molecule has 3 amide bonds. The largest absolute Gasteiger partial charge is 0.444 e. The Hall–Kier alpha value is -3.79. The van der Waals surface area contributed by atoms with Crippen LogP contribution in [-0.2, 0) is 16.0 Å². The third-order valence-corrected chi connectivity index (χ3v) is 6.75. The van der Waals surface area contributed by atoms with Gasteiger partial charge in [-0.2, -0.15) is 0 Å². The van der Waals surface area contributed by atoms with Crippen molar-refractivity contribution in [3.63, 3.8) is 0 Å². The van der Waals surface area contributed by atoms with Crippen molar-refractivity contribution < 1.29 is 28.2 Å². The van der Waals surface area contributed by atoms with Gasteiger partial charge in [-0.25, -0.2) is 14.0 Å². The number of hydrogen-bond donors (Lipinski definition) is 3. The summed E-state index contributed by atoms with van der Waals surface area (Å²) in [6.07, 6.45) is -0.203. The fourth-order valence-corrected chi connectivity index (χ4v) is 5.12. The van der Waals surface area contributed by atoms with Crippen LogP contribution in [0.4, 0.5) is 14.0 Å². The minimum absolute atomic E-state index is 0.152. The normalized spacial score (nSPS) is 14.1. The Labute approximate surface area is 250 Å². The molecule has 9 nitrogen and oxygen atoms in total. The summed E-state index contributed by atoms with van der Waals surface area (Å²) >= 11 is 6.36. The number of ether oxygens (including phenoxy) is 2. The SMILES string of the molecule is CC(C)(C)OC(=O)NCCC[C@@H](CN1Cc2cc(Cl)ccc2-c2c([nH]c3ccc(F)cc23)C1=O)NC(=O)OC(C)(C)C. The van der Waals surface area contributed by atoms with Crippen LogP contribution in [0.1, 0.15) is 70.4 Å².